The Labute approximate surface area is 112 Å². The van der Waals surface area contributed by atoms with E-state index in [1.807, 2.05) is 6.08 Å². The van der Waals surface area contributed by atoms with Crippen LogP contribution in [0.3, 0.4) is 0 Å². The standard InChI is InChI=1S/C16H29NO/c1-5-6-7-8-11-18-17-16-12-14(4)9-10-15(16)13(2)3/h5,13-15H,1,6-12H2,2-4H3/b17-16+/t14-,15+/m1/s1. The van der Waals surface area contributed by atoms with Crippen LogP contribution in [0, 0.1) is 17.8 Å². The van der Waals surface area contributed by atoms with E-state index >= 15 is 0 Å². The Kier molecular flexibility index (Phi) is 7.07. The predicted molar refractivity (Wildman–Crippen MR) is 78.8 cm³/mol. The second-order valence-corrected chi connectivity index (χ2v) is 5.94. The maximum atomic E-state index is 5.50. The summed E-state index contributed by atoms with van der Waals surface area (Å²) in [5.74, 6) is 2.08. The highest BCUT2D eigenvalue weighted by molar-refractivity contribution is 5.87. The van der Waals surface area contributed by atoms with Gasteiger partial charge in [-0.05, 0) is 50.4 Å². The predicted octanol–water partition coefficient (Wildman–Crippen LogP) is 4.81. The van der Waals surface area contributed by atoms with E-state index in [0.29, 0.717) is 11.8 Å². The maximum absolute atomic E-state index is 5.50. The van der Waals surface area contributed by atoms with Crippen LogP contribution in [0.1, 0.15) is 59.3 Å². The molecule has 2 atom stereocenters. The third-order valence-electron chi connectivity index (χ3n) is 3.84. The van der Waals surface area contributed by atoms with Gasteiger partial charge in [0.1, 0.15) is 6.61 Å². The van der Waals surface area contributed by atoms with Crippen molar-refractivity contribution in [3.8, 4) is 0 Å². The number of hydrogen-bond donors (Lipinski definition) is 0. The molecular formula is C16H29NO. The van der Waals surface area contributed by atoms with Crippen molar-refractivity contribution >= 4 is 5.71 Å². The van der Waals surface area contributed by atoms with E-state index in [4.69, 9.17) is 4.84 Å². The number of unbranched alkanes of at least 4 members (excludes halogenated alkanes) is 2. The van der Waals surface area contributed by atoms with Crippen molar-refractivity contribution in [1.29, 1.82) is 0 Å². The maximum Gasteiger partial charge on any atom is 0.117 e. The van der Waals surface area contributed by atoms with E-state index < -0.39 is 0 Å². The van der Waals surface area contributed by atoms with Crippen LogP contribution in [0.25, 0.3) is 0 Å². The van der Waals surface area contributed by atoms with Gasteiger partial charge in [0.15, 0.2) is 0 Å². The summed E-state index contributed by atoms with van der Waals surface area (Å²) >= 11 is 0. The van der Waals surface area contributed by atoms with Gasteiger partial charge in [0, 0.05) is 5.92 Å². The van der Waals surface area contributed by atoms with Crippen molar-refractivity contribution in [2.45, 2.75) is 59.3 Å². The summed E-state index contributed by atoms with van der Waals surface area (Å²) in [6.45, 7) is 11.4. The molecule has 0 aromatic heterocycles. The molecular weight excluding hydrogens is 222 g/mol. The van der Waals surface area contributed by atoms with E-state index in [2.05, 4.69) is 32.5 Å². The van der Waals surface area contributed by atoms with Crippen LogP contribution < -0.4 is 0 Å². The minimum Gasteiger partial charge on any atom is -0.396 e. The molecule has 1 fully saturated rings. The highest BCUT2D eigenvalue weighted by Gasteiger charge is 2.27. The summed E-state index contributed by atoms with van der Waals surface area (Å²) in [5, 5.41) is 4.42. The molecule has 0 saturated heterocycles. The molecule has 2 heteroatoms. The Morgan fingerprint density at radius 2 is 2.17 bits per heavy atom. The molecule has 1 aliphatic carbocycles. The van der Waals surface area contributed by atoms with Gasteiger partial charge in [0.25, 0.3) is 0 Å². The number of nitrogens with zero attached hydrogens (tertiary/aromatic N) is 1. The number of hydrogen-bond acceptors (Lipinski definition) is 2. The first-order valence-corrected chi connectivity index (χ1v) is 7.44. The van der Waals surface area contributed by atoms with Gasteiger partial charge < -0.3 is 4.84 Å². The molecule has 0 spiro atoms. The first-order chi connectivity index (χ1) is 8.65. The van der Waals surface area contributed by atoms with Crippen LogP contribution in [-0.2, 0) is 4.84 Å². The van der Waals surface area contributed by atoms with Crippen LogP contribution in [-0.4, -0.2) is 12.3 Å². The quantitative estimate of drug-likeness (QED) is 0.361. The molecule has 0 heterocycles. The molecule has 1 saturated carbocycles. The largest absolute Gasteiger partial charge is 0.396 e. The van der Waals surface area contributed by atoms with E-state index in [9.17, 15) is 0 Å². The first-order valence-electron chi connectivity index (χ1n) is 7.44. The Bertz CT molecular complexity index is 270. The van der Waals surface area contributed by atoms with Gasteiger partial charge in [-0.2, -0.15) is 0 Å². The van der Waals surface area contributed by atoms with Crippen LogP contribution in [0.15, 0.2) is 17.8 Å². The molecule has 18 heavy (non-hydrogen) atoms. The van der Waals surface area contributed by atoms with Crippen molar-refractivity contribution in [2.24, 2.45) is 22.9 Å². The van der Waals surface area contributed by atoms with E-state index in [1.165, 1.54) is 18.6 Å². The topological polar surface area (TPSA) is 21.6 Å². The van der Waals surface area contributed by atoms with Gasteiger partial charge in [-0.25, -0.2) is 0 Å². The van der Waals surface area contributed by atoms with Crippen LogP contribution in [0.4, 0.5) is 0 Å². The fraction of sp³-hybridized carbons (Fsp3) is 0.812. The fourth-order valence-electron chi connectivity index (χ4n) is 2.65. The van der Waals surface area contributed by atoms with E-state index in [1.54, 1.807) is 0 Å². The Morgan fingerprint density at radius 3 is 2.83 bits per heavy atom. The van der Waals surface area contributed by atoms with Gasteiger partial charge in [-0.1, -0.05) is 32.0 Å². The average molecular weight is 251 g/mol. The van der Waals surface area contributed by atoms with Crippen LogP contribution in [0.5, 0.6) is 0 Å². The monoisotopic (exact) mass is 251 g/mol. The number of allylic oxidation sites excluding steroid dienone is 1. The molecule has 2 nitrogen and oxygen atoms in total. The summed E-state index contributed by atoms with van der Waals surface area (Å²) in [6.07, 6.45) is 8.99. The molecule has 1 rings (SSSR count). The van der Waals surface area contributed by atoms with Gasteiger partial charge in [-0.15, -0.1) is 6.58 Å². The van der Waals surface area contributed by atoms with E-state index in [-0.39, 0.29) is 0 Å². The minimum atomic E-state index is 0.634. The number of oxime groups is 1. The molecule has 0 radical (unpaired) electrons. The van der Waals surface area contributed by atoms with Crippen molar-refractivity contribution in [2.75, 3.05) is 6.61 Å². The van der Waals surface area contributed by atoms with Gasteiger partial charge >= 0.3 is 0 Å². The normalized spacial score (nSPS) is 26.6. The smallest absolute Gasteiger partial charge is 0.117 e. The van der Waals surface area contributed by atoms with Gasteiger partial charge in [-0.3, -0.25) is 0 Å². The number of rotatable bonds is 7. The Hall–Kier alpha value is -0.790. The third kappa shape index (κ3) is 5.24. The molecule has 0 aromatic carbocycles. The molecule has 0 aliphatic heterocycles. The minimum absolute atomic E-state index is 0.634. The van der Waals surface area contributed by atoms with Crippen molar-refractivity contribution in [3.63, 3.8) is 0 Å². The zero-order valence-corrected chi connectivity index (χ0v) is 12.3. The summed E-state index contributed by atoms with van der Waals surface area (Å²) in [4.78, 5) is 5.50. The molecule has 104 valence electrons. The molecule has 0 unspecified atom stereocenters. The summed E-state index contributed by atoms with van der Waals surface area (Å²) < 4.78 is 0. The summed E-state index contributed by atoms with van der Waals surface area (Å²) in [5.41, 5.74) is 1.30. The zero-order valence-electron chi connectivity index (χ0n) is 12.3. The summed E-state index contributed by atoms with van der Waals surface area (Å²) in [7, 11) is 0. The Balaban J connectivity index is 2.36. The summed E-state index contributed by atoms with van der Waals surface area (Å²) in [6, 6.07) is 0. The fourth-order valence-corrected chi connectivity index (χ4v) is 2.65. The molecule has 1 aliphatic rings. The molecule has 0 N–H and O–H groups in total. The molecule has 0 bridgehead atoms. The average Bonchev–Trinajstić information content (AvgIpc) is 2.33. The second-order valence-electron chi connectivity index (χ2n) is 5.94. The third-order valence-corrected chi connectivity index (χ3v) is 3.84. The molecule has 0 amide bonds. The SMILES string of the molecule is C=CCCCCO/N=C1\C[C@H](C)CC[C@H]1C(C)C. The zero-order chi connectivity index (χ0) is 13.4. The Morgan fingerprint density at radius 1 is 1.39 bits per heavy atom. The van der Waals surface area contributed by atoms with Crippen molar-refractivity contribution in [1.82, 2.24) is 0 Å². The highest BCUT2D eigenvalue weighted by atomic mass is 16.6. The lowest BCUT2D eigenvalue weighted by Gasteiger charge is -2.30. The van der Waals surface area contributed by atoms with Crippen molar-refractivity contribution < 1.29 is 4.84 Å². The van der Waals surface area contributed by atoms with Gasteiger partial charge in [0.2, 0.25) is 0 Å². The lowest BCUT2D eigenvalue weighted by atomic mass is 9.76. The van der Waals surface area contributed by atoms with Crippen LogP contribution in [0.2, 0.25) is 0 Å². The van der Waals surface area contributed by atoms with Crippen LogP contribution >= 0.6 is 0 Å². The van der Waals surface area contributed by atoms with Crippen molar-refractivity contribution in [3.05, 3.63) is 12.7 Å². The lowest BCUT2D eigenvalue weighted by Crippen LogP contribution is -2.28. The van der Waals surface area contributed by atoms with E-state index in [0.717, 1.165) is 38.2 Å². The first kappa shape index (κ1) is 15.3. The second kappa shape index (κ2) is 8.34. The van der Waals surface area contributed by atoms with Gasteiger partial charge in [0.05, 0.1) is 5.71 Å². The molecule has 0 aromatic rings. The lowest BCUT2D eigenvalue weighted by molar-refractivity contribution is 0.135. The highest BCUT2D eigenvalue weighted by Crippen LogP contribution is 2.31.